The highest BCUT2D eigenvalue weighted by molar-refractivity contribution is 5.54. The van der Waals surface area contributed by atoms with E-state index in [2.05, 4.69) is 22.0 Å². The van der Waals surface area contributed by atoms with E-state index >= 15 is 0 Å². The first-order valence-corrected chi connectivity index (χ1v) is 8.26. The predicted octanol–water partition coefficient (Wildman–Crippen LogP) is 2.61. The normalized spacial score (nSPS) is 23.1. The second-order valence-corrected chi connectivity index (χ2v) is 6.18. The molecule has 2 saturated heterocycles. The van der Waals surface area contributed by atoms with Crippen LogP contribution in [0.5, 0.6) is 0 Å². The molecule has 0 bridgehead atoms. The molecule has 4 heteroatoms. The van der Waals surface area contributed by atoms with Gasteiger partial charge in [-0.2, -0.15) is 0 Å². The minimum atomic E-state index is -0.136. The molecule has 2 heterocycles. The van der Waals surface area contributed by atoms with Gasteiger partial charge in [0.2, 0.25) is 0 Å². The number of anilines is 1. The maximum absolute atomic E-state index is 13.6. The molecule has 1 aromatic rings. The third-order valence-electron chi connectivity index (χ3n) is 4.79. The van der Waals surface area contributed by atoms with Crippen molar-refractivity contribution in [3.05, 3.63) is 29.6 Å². The number of rotatable bonds is 4. The van der Waals surface area contributed by atoms with Crippen LogP contribution in [0.15, 0.2) is 18.2 Å². The summed E-state index contributed by atoms with van der Waals surface area (Å²) in [5.74, 6) is -0.136. The summed E-state index contributed by atoms with van der Waals surface area (Å²) in [5.41, 5.74) is 2.30. The number of nitrogens with one attached hydrogen (secondary N) is 1. The van der Waals surface area contributed by atoms with E-state index in [1.807, 2.05) is 6.07 Å². The Labute approximate surface area is 127 Å². The second-order valence-electron chi connectivity index (χ2n) is 6.18. The molecule has 0 radical (unpaired) electrons. The van der Waals surface area contributed by atoms with E-state index in [1.54, 1.807) is 12.1 Å². The van der Waals surface area contributed by atoms with Crippen LogP contribution in [0.25, 0.3) is 0 Å². The fraction of sp³-hybridized carbons (Fsp3) is 0.647. The number of benzene rings is 1. The Morgan fingerprint density at radius 3 is 3.00 bits per heavy atom. The molecular weight excluding hydrogens is 265 g/mol. The lowest BCUT2D eigenvalue weighted by Gasteiger charge is -2.45. The van der Waals surface area contributed by atoms with Gasteiger partial charge in [-0.05, 0) is 49.7 Å². The number of fused-ring (bicyclic) bond motifs is 1. The monoisotopic (exact) mass is 291 g/mol. The van der Waals surface area contributed by atoms with Crippen molar-refractivity contribution in [3.63, 3.8) is 0 Å². The van der Waals surface area contributed by atoms with Gasteiger partial charge in [0.25, 0.3) is 0 Å². The third-order valence-corrected chi connectivity index (χ3v) is 4.79. The molecule has 1 unspecified atom stereocenters. The van der Waals surface area contributed by atoms with Gasteiger partial charge in [0.15, 0.2) is 0 Å². The van der Waals surface area contributed by atoms with E-state index in [0.717, 1.165) is 38.3 Å². The average Bonchev–Trinajstić information content (AvgIpc) is 2.52. The lowest BCUT2D eigenvalue weighted by atomic mass is 9.98. The summed E-state index contributed by atoms with van der Waals surface area (Å²) in [6.45, 7) is 8.28. The van der Waals surface area contributed by atoms with E-state index < -0.39 is 0 Å². The van der Waals surface area contributed by atoms with Crippen LogP contribution in [0.2, 0.25) is 0 Å². The van der Waals surface area contributed by atoms with Gasteiger partial charge in [-0.25, -0.2) is 4.39 Å². The van der Waals surface area contributed by atoms with Gasteiger partial charge in [-0.15, -0.1) is 0 Å². The van der Waals surface area contributed by atoms with Gasteiger partial charge >= 0.3 is 0 Å². The minimum Gasteiger partial charge on any atom is -0.368 e. The summed E-state index contributed by atoms with van der Waals surface area (Å²) >= 11 is 0. The van der Waals surface area contributed by atoms with E-state index in [9.17, 15) is 4.39 Å². The molecule has 1 N–H and O–H groups in total. The van der Waals surface area contributed by atoms with E-state index in [1.165, 1.54) is 31.5 Å². The zero-order valence-electron chi connectivity index (χ0n) is 12.9. The highest BCUT2D eigenvalue weighted by Crippen LogP contribution is 2.28. The van der Waals surface area contributed by atoms with Crippen molar-refractivity contribution in [1.82, 2.24) is 10.2 Å². The fourth-order valence-corrected chi connectivity index (χ4v) is 3.64. The molecule has 0 spiro atoms. The van der Waals surface area contributed by atoms with Gasteiger partial charge in [0.1, 0.15) is 5.82 Å². The average molecular weight is 291 g/mol. The van der Waals surface area contributed by atoms with Crippen LogP contribution in [0.4, 0.5) is 10.1 Å². The Hall–Kier alpha value is -1.13. The Morgan fingerprint density at radius 2 is 2.14 bits per heavy atom. The maximum atomic E-state index is 13.6. The predicted molar refractivity (Wildman–Crippen MR) is 85.2 cm³/mol. The molecule has 3 rings (SSSR count). The summed E-state index contributed by atoms with van der Waals surface area (Å²) in [5, 5.41) is 3.32. The molecule has 1 aromatic carbocycles. The van der Waals surface area contributed by atoms with Gasteiger partial charge in [-0.1, -0.05) is 13.3 Å². The largest absolute Gasteiger partial charge is 0.368 e. The van der Waals surface area contributed by atoms with Gasteiger partial charge in [-0.3, -0.25) is 4.90 Å². The van der Waals surface area contributed by atoms with Crippen LogP contribution in [-0.2, 0) is 6.54 Å². The molecule has 21 heavy (non-hydrogen) atoms. The van der Waals surface area contributed by atoms with Crippen molar-refractivity contribution in [2.24, 2.45) is 0 Å². The van der Waals surface area contributed by atoms with Crippen LogP contribution < -0.4 is 10.2 Å². The smallest absolute Gasteiger partial charge is 0.123 e. The third kappa shape index (κ3) is 3.38. The summed E-state index contributed by atoms with van der Waals surface area (Å²) < 4.78 is 13.6. The van der Waals surface area contributed by atoms with Crippen LogP contribution in [0.1, 0.15) is 31.7 Å². The van der Waals surface area contributed by atoms with Gasteiger partial charge in [0.05, 0.1) is 0 Å². The minimum absolute atomic E-state index is 0.136. The summed E-state index contributed by atoms with van der Waals surface area (Å²) in [7, 11) is 0. The number of halogens is 1. The number of hydrogen-bond acceptors (Lipinski definition) is 3. The first-order chi connectivity index (χ1) is 10.3. The first-order valence-electron chi connectivity index (χ1n) is 8.26. The molecule has 3 nitrogen and oxygen atoms in total. The van der Waals surface area contributed by atoms with Crippen LogP contribution in [0.3, 0.4) is 0 Å². The lowest BCUT2D eigenvalue weighted by molar-refractivity contribution is 0.133. The van der Waals surface area contributed by atoms with E-state index in [0.29, 0.717) is 6.04 Å². The topological polar surface area (TPSA) is 18.5 Å². The quantitative estimate of drug-likeness (QED) is 0.920. The molecule has 0 saturated carbocycles. The lowest BCUT2D eigenvalue weighted by Crippen LogP contribution is -2.55. The molecule has 116 valence electrons. The van der Waals surface area contributed by atoms with Crippen LogP contribution in [-0.4, -0.2) is 43.7 Å². The fourth-order valence-electron chi connectivity index (χ4n) is 3.64. The molecule has 2 aliphatic heterocycles. The first kappa shape index (κ1) is 14.8. The van der Waals surface area contributed by atoms with Crippen molar-refractivity contribution >= 4 is 5.69 Å². The molecule has 0 aromatic heterocycles. The van der Waals surface area contributed by atoms with Crippen molar-refractivity contribution in [3.8, 4) is 0 Å². The van der Waals surface area contributed by atoms with Crippen molar-refractivity contribution < 1.29 is 4.39 Å². The Kier molecular flexibility index (Phi) is 4.76. The van der Waals surface area contributed by atoms with Gasteiger partial charge in [0, 0.05) is 37.9 Å². The zero-order valence-corrected chi connectivity index (χ0v) is 12.9. The molecule has 0 amide bonds. The number of piperazine rings is 1. The van der Waals surface area contributed by atoms with E-state index in [4.69, 9.17) is 0 Å². The summed E-state index contributed by atoms with van der Waals surface area (Å²) in [4.78, 5) is 5.09. The van der Waals surface area contributed by atoms with Gasteiger partial charge < -0.3 is 10.2 Å². The standard InChI is InChI=1S/C17H26FN3/c1-2-19-12-14-11-15(18)6-7-17(14)21-10-9-20-8-4-3-5-16(20)13-21/h6-7,11,16,19H,2-5,8-10,12-13H2,1H3. The van der Waals surface area contributed by atoms with Crippen molar-refractivity contribution in [2.75, 3.05) is 37.6 Å². The Bertz CT molecular complexity index is 477. The highest BCUT2D eigenvalue weighted by atomic mass is 19.1. The van der Waals surface area contributed by atoms with Crippen molar-refractivity contribution in [2.45, 2.75) is 38.8 Å². The highest BCUT2D eigenvalue weighted by Gasteiger charge is 2.29. The summed E-state index contributed by atoms with van der Waals surface area (Å²) in [6, 6.07) is 5.92. The van der Waals surface area contributed by atoms with Crippen LogP contribution >= 0.6 is 0 Å². The van der Waals surface area contributed by atoms with Crippen molar-refractivity contribution in [1.29, 1.82) is 0 Å². The number of piperidine rings is 1. The molecule has 0 aliphatic carbocycles. The van der Waals surface area contributed by atoms with E-state index in [-0.39, 0.29) is 5.82 Å². The Balaban J connectivity index is 1.76. The number of nitrogens with zero attached hydrogens (tertiary/aromatic N) is 2. The Morgan fingerprint density at radius 1 is 1.24 bits per heavy atom. The molecule has 1 atom stereocenters. The maximum Gasteiger partial charge on any atom is 0.123 e. The molecule has 2 fully saturated rings. The van der Waals surface area contributed by atoms with Crippen LogP contribution in [0, 0.1) is 5.82 Å². The number of hydrogen-bond donors (Lipinski definition) is 1. The molecule has 2 aliphatic rings. The second kappa shape index (κ2) is 6.75. The molecular formula is C17H26FN3. The zero-order chi connectivity index (χ0) is 14.7. The summed E-state index contributed by atoms with van der Waals surface area (Å²) in [6.07, 6.45) is 4.00. The SMILES string of the molecule is CCNCc1cc(F)ccc1N1CCN2CCCCC2C1.